The van der Waals surface area contributed by atoms with Crippen LogP contribution in [-0.2, 0) is 9.59 Å². The molecular formula is C20H28ClN3O3. The number of carboxylic acids is 1. The third-order valence-electron chi connectivity index (χ3n) is 5.73. The minimum Gasteiger partial charge on any atom is -0.480 e. The maximum Gasteiger partial charge on any atom is 0.317 e. The number of carbonyl (C=O) groups is 2. The number of para-hydroxylation sites is 1. The summed E-state index contributed by atoms with van der Waals surface area (Å²) in [6.45, 7) is 2.47. The van der Waals surface area contributed by atoms with Crippen molar-refractivity contribution < 1.29 is 14.7 Å². The number of carbonyl (C=O) groups excluding carboxylic acids is 1. The van der Waals surface area contributed by atoms with Gasteiger partial charge in [0, 0.05) is 19.1 Å². The van der Waals surface area contributed by atoms with E-state index in [1.54, 1.807) is 0 Å². The number of piperidine rings is 1. The van der Waals surface area contributed by atoms with Gasteiger partial charge < -0.3 is 10.0 Å². The summed E-state index contributed by atoms with van der Waals surface area (Å²) >= 11 is 6.32. The quantitative estimate of drug-likeness (QED) is 0.833. The molecule has 0 radical (unpaired) electrons. The highest BCUT2D eigenvalue weighted by atomic mass is 35.5. The van der Waals surface area contributed by atoms with Gasteiger partial charge in [-0.1, -0.05) is 23.7 Å². The first-order valence-electron chi connectivity index (χ1n) is 9.69. The summed E-state index contributed by atoms with van der Waals surface area (Å²) in [6, 6.07) is 7.65. The number of halogens is 1. The highest BCUT2D eigenvalue weighted by molar-refractivity contribution is 6.33. The fourth-order valence-corrected chi connectivity index (χ4v) is 4.54. The Balaban J connectivity index is 1.66. The summed E-state index contributed by atoms with van der Waals surface area (Å²) in [5.74, 6) is -0.664. The van der Waals surface area contributed by atoms with E-state index in [0.717, 1.165) is 50.9 Å². The second-order valence-corrected chi connectivity index (χ2v) is 7.94. The molecule has 0 aromatic heterocycles. The average molecular weight is 394 g/mol. The molecule has 2 aliphatic heterocycles. The molecule has 7 heteroatoms. The fraction of sp³-hybridized carbons (Fsp3) is 0.600. The van der Waals surface area contributed by atoms with E-state index < -0.39 is 5.97 Å². The standard InChI is InChI=1S/C20H28ClN3O3/c1-22(14-19(25)26)15-6-4-11-23(13-10-15)18-9-5-12-24(20(18)27)17-8-3-2-7-16(17)21/h2-3,7-8,15,18H,4-6,9-14H2,1H3,(H,25,26). The minimum atomic E-state index is -0.795. The molecule has 0 spiro atoms. The van der Waals surface area contributed by atoms with Crippen LogP contribution in [-0.4, -0.2) is 72.1 Å². The van der Waals surface area contributed by atoms with Crippen LogP contribution in [0.1, 0.15) is 32.1 Å². The van der Waals surface area contributed by atoms with Gasteiger partial charge in [0.25, 0.3) is 0 Å². The van der Waals surface area contributed by atoms with Gasteiger partial charge in [-0.3, -0.25) is 19.4 Å². The van der Waals surface area contributed by atoms with E-state index in [0.29, 0.717) is 11.6 Å². The van der Waals surface area contributed by atoms with Crippen LogP contribution in [0.2, 0.25) is 5.02 Å². The number of hydrogen-bond donors (Lipinski definition) is 1. The lowest BCUT2D eigenvalue weighted by molar-refractivity contribution is -0.138. The van der Waals surface area contributed by atoms with Crippen molar-refractivity contribution in [1.29, 1.82) is 0 Å². The second kappa shape index (κ2) is 9.04. The van der Waals surface area contributed by atoms with E-state index in [2.05, 4.69) is 4.90 Å². The van der Waals surface area contributed by atoms with Crippen LogP contribution in [0.15, 0.2) is 24.3 Å². The highest BCUT2D eigenvalue weighted by Gasteiger charge is 2.35. The molecule has 0 aliphatic carbocycles. The molecule has 2 heterocycles. The molecule has 2 saturated heterocycles. The Morgan fingerprint density at radius 3 is 2.67 bits per heavy atom. The predicted molar refractivity (Wildman–Crippen MR) is 106 cm³/mol. The average Bonchev–Trinajstić information content (AvgIpc) is 2.88. The van der Waals surface area contributed by atoms with E-state index in [9.17, 15) is 9.59 Å². The van der Waals surface area contributed by atoms with Crippen molar-refractivity contribution in [1.82, 2.24) is 9.80 Å². The number of benzene rings is 1. The molecule has 1 amide bonds. The van der Waals surface area contributed by atoms with Gasteiger partial charge in [0.1, 0.15) is 0 Å². The van der Waals surface area contributed by atoms with E-state index in [1.807, 2.05) is 41.1 Å². The van der Waals surface area contributed by atoms with Gasteiger partial charge in [-0.25, -0.2) is 0 Å². The van der Waals surface area contributed by atoms with Crippen LogP contribution < -0.4 is 4.90 Å². The normalized spacial score (nSPS) is 24.9. The molecule has 2 atom stereocenters. The molecule has 0 saturated carbocycles. The van der Waals surface area contributed by atoms with Gasteiger partial charge in [0.2, 0.25) is 5.91 Å². The molecular weight excluding hydrogens is 366 g/mol. The monoisotopic (exact) mass is 393 g/mol. The van der Waals surface area contributed by atoms with Crippen LogP contribution in [0.3, 0.4) is 0 Å². The second-order valence-electron chi connectivity index (χ2n) is 7.53. The lowest BCUT2D eigenvalue weighted by Crippen LogP contribution is -2.53. The summed E-state index contributed by atoms with van der Waals surface area (Å²) in [4.78, 5) is 30.2. The molecule has 2 fully saturated rings. The number of likely N-dealkylation sites (N-methyl/N-ethyl adjacent to an activating group) is 1. The molecule has 1 aromatic carbocycles. The van der Waals surface area contributed by atoms with Crippen LogP contribution in [0.5, 0.6) is 0 Å². The van der Waals surface area contributed by atoms with Gasteiger partial charge >= 0.3 is 5.97 Å². The maximum atomic E-state index is 13.2. The Kier molecular flexibility index (Phi) is 6.73. The number of aliphatic carboxylic acids is 1. The molecule has 27 heavy (non-hydrogen) atoms. The van der Waals surface area contributed by atoms with Gasteiger partial charge in [-0.2, -0.15) is 0 Å². The van der Waals surface area contributed by atoms with Gasteiger partial charge in [-0.05, 0) is 57.8 Å². The maximum absolute atomic E-state index is 13.2. The van der Waals surface area contributed by atoms with Gasteiger partial charge in [0.05, 0.1) is 23.3 Å². The number of hydrogen-bond acceptors (Lipinski definition) is 4. The minimum absolute atomic E-state index is 0.0628. The number of anilines is 1. The third-order valence-corrected chi connectivity index (χ3v) is 6.05. The summed E-state index contributed by atoms with van der Waals surface area (Å²) in [6.07, 6.45) is 4.66. The lowest BCUT2D eigenvalue weighted by Gasteiger charge is -2.38. The Bertz CT molecular complexity index is 684. The highest BCUT2D eigenvalue weighted by Crippen LogP contribution is 2.30. The van der Waals surface area contributed by atoms with E-state index in [4.69, 9.17) is 16.7 Å². The SMILES string of the molecule is CN(CC(=O)O)C1CCCN(C2CCCN(c3ccccc3Cl)C2=O)CC1. The first-order valence-corrected chi connectivity index (χ1v) is 10.1. The van der Waals surface area contributed by atoms with E-state index in [-0.39, 0.29) is 24.5 Å². The van der Waals surface area contributed by atoms with Crippen molar-refractivity contribution in [3.63, 3.8) is 0 Å². The number of amides is 1. The first kappa shape index (κ1) is 20.1. The Morgan fingerprint density at radius 1 is 1.19 bits per heavy atom. The van der Waals surface area contributed by atoms with Crippen molar-refractivity contribution in [3.05, 3.63) is 29.3 Å². The zero-order valence-corrected chi connectivity index (χ0v) is 16.6. The Labute approximate surface area is 165 Å². The summed E-state index contributed by atoms with van der Waals surface area (Å²) in [5.41, 5.74) is 0.794. The number of rotatable bonds is 5. The fourth-order valence-electron chi connectivity index (χ4n) is 4.30. The first-order chi connectivity index (χ1) is 13.0. The Hall–Kier alpha value is -1.63. The van der Waals surface area contributed by atoms with Crippen molar-refractivity contribution in [3.8, 4) is 0 Å². The zero-order valence-electron chi connectivity index (χ0n) is 15.8. The molecule has 1 aromatic rings. The molecule has 6 nitrogen and oxygen atoms in total. The number of nitrogens with zero attached hydrogens (tertiary/aromatic N) is 3. The molecule has 2 unspecified atom stereocenters. The van der Waals surface area contributed by atoms with Crippen molar-refractivity contribution in [2.45, 2.75) is 44.2 Å². The van der Waals surface area contributed by atoms with Crippen molar-refractivity contribution in [2.75, 3.05) is 38.1 Å². The molecule has 2 aliphatic rings. The lowest BCUT2D eigenvalue weighted by atomic mass is 10.0. The van der Waals surface area contributed by atoms with Crippen molar-refractivity contribution >= 4 is 29.2 Å². The van der Waals surface area contributed by atoms with E-state index in [1.165, 1.54) is 0 Å². The van der Waals surface area contributed by atoms with Crippen molar-refractivity contribution in [2.24, 2.45) is 0 Å². The van der Waals surface area contributed by atoms with Gasteiger partial charge in [-0.15, -0.1) is 0 Å². The summed E-state index contributed by atoms with van der Waals surface area (Å²) < 4.78 is 0. The molecule has 148 valence electrons. The zero-order chi connectivity index (χ0) is 19.4. The predicted octanol–water partition coefficient (Wildman–Crippen LogP) is 2.71. The number of carboxylic acid groups (broad SMARTS) is 1. The molecule has 1 N–H and O–H groups in total. The topological polar surface area (TPSA) is 64.1 Å². The van der Waals surface area contributed by atoms with Crippen LogP contribution in [0, 0.1) is 0 Å². The van der Waals surface area contributed by atoms with Crippen LogP contribution in [0.4, 0.5) is 5.69 Å². The van der Waals surface area contributed by atoms with E-state index >= 15 is 0 Å². The Morgan fingerprint density at radius 2 is 1.93 bits per heavy atom. The third kappa shape index (κ3) is 4.81. The largest absolute Gasteiger partial charge is 0.480 e. The summed E-state index contributed by atoms with van der Waals surface area (Å²) in [7, 11) is 1.87. The molecule has 3 rings (SSSR count). The van der Waals surface area contributed by atoms with Gasteiger partial charge in [0.15, 0.2) is 0 Å². The van der Waals surface area contributed by atoms with Crippen LogP contribution >= 0.6 is 11.6 Å². The molecule has 0 bridgehead atoms. The smallest absolute Gasteiger partial charge is 0.317 e. The summed E-state index contributed by atoms with van der Waals surface area (Å²) in [5, 5.41) is 9.63. The van der Waals surface area contributed by atoms with Crippen LogP contribution in [0.25, 0.3) is 0 Å². The number of likely N-dealkylation sites (tertiary alicyclic amines) is 1.